The maximum atomic E-state index is 13.7. The number of ketones is 2. The predicted octanol–water partition coefficient (Wildman–Crippen LogP) is 7.43. The van der Waals surface area contributed by atoms with E-state index in [-0.39, 0.29) is 11.6 Å². The molecule has 0 radical (unpaired) electrons. The van der Waals surface area contributed by atoms with E-state index in [1.165, 1.54) is 17.1 Å². The molecule has 0 aromatic heterocycles. The smallest absolute Gasteiger partial charge is 0.195 e. The van der Waals surface area contributed by atoms with Gasteiger partial charge in [0.2, 0.25) is 0 Å². The molecule has 3 heteroatoms. The molecule has 0 N–H and O–H groups in total. The monoisotopic (exact) mass is 442 g/mol. The van der Waals surface area contributed by atoms with Gasteiger partial charge in [0.05, 0.1) is 0 Å². The van der Waals surface area contributed by atoms with Crippen molar-refractivity contribution in [1.82, 2.24) is 0 Å². The van der Waals surface area contributed by atoms with E-state index < -0.39 is 0 Å². The van der Waals surface area contributed by atoms with Crippen molar-refractivity contribution in [3.05, 3.63) is 131 Å². The summed E-state index contributed by atoms with van der Waals surface area (Å²) < 4.78 is 0. The molecule has 0 atom stereocenters. The fourth-order valence-electron chi connectivity index (χ4n) is 4.51. The summed E-state index contributed by atoms with van der Waals surface area (Å²) in [7, 11) is 0. The van der Waals surface area contributed by atoms with Crippen molar-refractivity contribution in [3.63, 3.8) is 0 Å². The molecular formula is C30H18O2S. The summed E-state index contributed by atoms with van der Waals surface area (Å²) in [6.07, 6.45) is 0. The Labute approximate surface area is 195 Å². The normalized spacial score (nSPS) is 12.5. The van der Waals surface area contributed by atoms with Crippen molar-refractivity contribution in [2.75, 3.05) is 0 Å². The van der Waals surface area contributed by atoms with Crippen LogP contribution in [0.3, 0.4) is 0 Å². The third-order valence-corrected chi connectivity index (χ3v) is 7.12. The molecule has 1 aliphatic rings. The van der Waals surface area contributed by atoms with Crippen LogP contribution in [0.4, 0.5) is 0 Å². The molecule has 0 heterocycles. The van der Waals surface area contributed by atoms with Crippen molar-refractivity contribution < 1.29 is 9.59 Å². The first-order valence-electron chi connectivity index (χ1n) is 10.8. The largest absolute Gasteiger partial charge is 0.289 e. The standard InChI is InChI=1S/C30H18O2S/c31-29-25-14-7-15-26(33-22-17-16-19-8-4-5-11-21(19)18-22)28(25)30(32)24-13-6-12-23(27(24)29)20-9-2-1-3-10-20/h1-18H. The van der Waals surface area contributed by atoms with Crippen molar-refractivity contribution in [2.24, 2.45) is 0 Å². The third-order valence-electron chi connectivity index (χ3n) is 6.07. The molecule has 0 bridgehead atoms. The summed E-state index contributed by atoms with van der Waals surface area (Å²) in [5.74, 6) is -0.193. The van der Waals surface area contributed by atoms with Gasteiger partial charge in [0, 0.05) is 32.0 Å². The van der Waals surface area contributed by atoms with E-state index >= 15 is 0 Å². The quantitative estimate of drug-likeness (QED) is 0.286. The maximum Gasteiger partial charge on any atom is 0.195 e. The van der Waals surface area contributed by atoms with E-state index in [0.29, 0.717) is 22.3 Å². The van der Waals surface area contributed by atoms with Gasteiger partial charge in [-0.15, -0.1) is 0 Å². The molecule has 0 saturated heterocycles. The zero-order chi connectivity index (χ0) is 22.4. The Morgan fingerprint density at radius 3 is 1.94 bits per heavy atom. The van der Waals surface area contributed by atoms with Gasteiger partial charge in [0.25, 0.3) is 0 Å². The van der Waals surface area contributed by atoms with Crippen molar-refractivity contribution in [3.8, 4) is 11.1 Å². The topological polar surface area (TPSA) is 34.1 Å². The fraction of sp³-hybridized carbons (Fsp3) is 0. The van der Waals surface area contributed by atoms with Crippen LogP contribution in [-0.2, 0) is 0 Å². The summed E-state index contributed by atoms with van der Waals surface area (Å²) >= 11 is 1.53. The average molecular weight is 443 g/mol. The van der Waals surface area contributed by atoms with Crippen LogP contribution in [0.2, 0.25) is 0 Å². The highest BCUT2D eigenvalue weighted by Gasteiger charge is 2.33. The Bertz CT molecular complexity index is 1570. The molecule has 1 aliphatic carbocycles. The van der Waals surface area contributed by atoms with Crippen LogP contribution in [-0.4, -0.2) is 11.6 Å². The van der Waals surface area contributed by atoms with Gasteiger partial charge in [-0.2, -0.15) is 0 Å². The predicted molar refractivity (Wildman–Crippen MR) is 133 cm³/mol. The van der Waals surface area contributed by atoms with Crippen LogP contribution in [0.1, 0.15) is 31.8 Å². The van der Waals surface area contributed by atoms with Gasteiger partial charge in [-0.25, -0.2) is 0 Å². The second-order valence-electron chi connectivity index (χ2n) is 8.04. The number of rotatable bonds is 3. The minimum atomic E-state index is -0.0972. The van der Waals surface area contributed by atoms with Gasteiger partial charge >= 0.3 is 0 Å². The molecule has 0 spiro atoms. The zero-order valence-corrected chi connectivity index (χ0v) is 18.4. The Morgan fingerprint density at radius 2 is 1.12 bits per heavy atom. The second-order valence-corrected chi connectivity index (χ2v) is 9.16. The number of benzene rings is 5. The van der Waals surface area contributed by atoms with Crippen LogP contribution in [0.5, 0.6) is 0 Å². The lowest BCUT2D eigenvalue weighted by Gasteiger charge is -2.22. The van der Waals surface area contributed by atoms with Crippen LogP contribution in [0.15, 0.2) is 119 Å². The first-order valence-corrected chi connectivity index (χ1v) is 11.6. The van der Waals surface area contributed by atoms with Gasteiger partial charge in [0.1, 0.15) is 0 Å². The highest BCUT2D eigenvalue weighted by atomic mass is 32.2. The number of carbonyl (C=O) groups is 2. The molecule has 156 valence electrons. The number of carbonyl (C=O) groups excluding carboxylic acids is 2. The van der Waals surface area contributed by atoms with Crippen molar-refractivity contribution in [1.29, 1.82) is 0 Å². The van der Waals surface area contributed by atoms with E-state index in [2.05, 4.69) is 30.3 Å². The molecule has 0 aliphatic heterocycles. The highest BCUT2D eigenvalue weighted by Crippen LogP contribution is 2.40. The molecule has 5 aromatic carbocycles. The lowest BCUT2D eigenvalue weighted by Crippen LogP contribution is -2.22. The SMILES string of the molecule is O=C1c2cccc(-c3ccccc3)c2C(=O)c2cccc(Sc3ccc4ccccc4c3)c21. The Balaban J connectivity index is 1.47. The third kappa shape index (κ3) is 3.29. The summed E-state index contributed by atoms with van der Waals surface area (Å²) in [6, 6.07) is 35.3. The number of fused-ring (bicyclic) bond motifs is 3. The molecule has 5 aromatic rings. The fourth-order valence-corrected chi connectivity index (χ4v) is 5.54. The number of hydrogen-bond donors (Lipinski definition) is 0. The zero-order valence-electron chi connectivity index (χ0n) is 17.6. The average Bonchev–Trinajstić information content (AvgIpc) is 2.87. The summed E-state index contributed by atoms with van der Waals surface area (Å²) in [5.41, 5.74) is 3.67. The van der Waals surface area contributed by atoms with Gasteiger partial charge in [-0.3, -0.25) is 9.59 Å². The molecular weight excluding hydrogens is 424 g/mol. The minimum Gasteiger partial charge on any atom is -0.289 e. The first kappa shape index (κ1) is 19.7. The van der Waals surface area contributed by atoms with E-state index in [0.717, 1.165) is 26.3 Å². The molecule has 0 amide bonds. The van der Waals surface area contributed by atoms with Crippen LogP contribution in [0.25, 0.3) is 21.9 Å². The Hall–Kier alpha value is -3.95. The van der Waals surface area contributed by atoms with E-state index in [4.69, 9.17) is 0 Å². The molecule has 0 saturated carbocycles. The number of hydrogen-bond acceptors (Lipinski definition) is 3. The van der Waals surface area contributed by atoms with Crippen molar-refractivity contribution in [2.45, 2.75) is 9.79 Å². The van der Waals surface area contributed by atoms with Gasteiger partial charge in [0.15, 0.2) is 11.6 Å². The van der Waals surface area contributed by atoms with Crippen molar-refractivity contribution >= 4 is 34.1 Å². The summed E-state index contributed by atoms with van der Waals surface area (Å²) in [6.45, 7) is 0. The molecule has 0 unspecified atom stereocenters. The molecule has 6 rings (SSSR count). The van der Waals surface area contributed by atoms with Crippen LogP contribution >= 0.6 is 11.8 Å². The lowest BCUT2D eigenvalue weighted by atomic mass is 9.80. The summed E-state index contributed by atoms with van der Waals surface area (Å²) in [5, 5.41) is 2.32. The van der Waals surface area contributed by atoms with Crippen LogP contribution < -0.4 is 0 Å². The lowest BCUT2D eigenvalue weighted by molar-refractivity contribution is 0.0977. The van der Waals surface area contributed by atoms with Gasteiger partial charge in [-0.1, -0.05) is 103 Å². The Kier molecular flexibility index (Phi) is 4.70. The molecule has 0 fully saturated rings. The first-order chi connectivity index (χ1) is 16.2. The van der Waals surface area contributed by atoms with Gasteiger partial charge in [-0.05, 0) is 40.1 Å². The minimum absolute atomic E-state index is 0.0960. The highest BCUT2D eigenvalue weighted by molar-refractivity contribution is 7.99. The van der Waals surface area contributed by atoms with E-state index in [1.54, 1.807) is 12.1 Å². The maximum absolute atomic E-state index is 13.7. The van der Waals surface area contributed by atoms with Gasteiger partial charge < -0.3 is 0 Å². The molecule has 33 heavy (non-hydrogen) atoms. The Morgan fingerprint density at radius 1 is 0.485 bits per heavy atom. The van der Waals surface area contributed by atoms with Crippen LogP contribution in [0, 0.1) is 0 Å². The van der Waals surface area contributed by atoms with E-state index in [1.807, 2.05) is 66.7 Å². The molecule has 2 nitrogen and oxygen atoms in total. The van der Waals surface area contributed by atoms with E-state index in [9.17, 15) is 9.59 Å². The summed E-state index contributed by atoms with van der Waals surface area (Å²) in [4.78, 5) is 29.2. The second kappa shape index (κ2) is 7.88.